The molecule has 1 amide bonds. The van der Waals surface area contributed by atoms with Gasteiger partial charge in [-0.25, -0.2) is 4.39 Å². The number of nitrogens with one attached hydrogen (secondary N) is 1. The predicted octanol–water partition coefficient (Wildman–Crippen LogP) is 3.98. The minimum absolute atomic E-state index is 0.0908. The molecule has 1 N–H and O–H groups in total. The van der Waals surface area contributed by atoms with E-state index >= 15 is 0 Å². The smallest absolute Gasteiger partial charge is 0.224 e. The molecule has 0 saturated heterocycles. The van der Waals surface area contributed by atoms with Gasteiger partial charge < -0.3 is 10.1 Å². The van der Waals surface area contributed by atoms with E-state index in [9.17, 15) is 9.18 Å². The van der Waals surface area contributed by atoms with Crippen molar-refractivity contribution in [2.24, 2.45) is 0 Å². The van der Waals surface area contributed by atoms with Crippen molar-refractivity contribution in [2.75, 3.05) is 13.2 Å². The van der Waals surface area contributed by atoms with Crippen LogP contribution in [0.1, 0.15) is 5.56 Å². The highest BCUT2D eigenvalue weighted by molar-refractivity contribution is 9.10. The van der Waals surface area contributed by atoms with Gasteiger partial charge in [0.25, 0.3) is 0 Å². The number of carbonyl (C=O) groups is 1. The van der Waals surface area contributed by atoms with Crippen LogP contribution in [-0.4, -0.2) is 19.1 Å². The van der Waals surface area contributed by atoms with Crippen molar-refractivity contribution in [3.8, 4) is 5.75 Å². The molecule has 0 unspecified atom stereocenters. The summed E-state index contributed by atoms with van der Waals surface area (Å²) in [5.41, 5.74) is 0.925. The lowest BCUT2D eigenvalue weighted by molar-refractivity contribution is -0.120. The Bertz CT molecular complexity index is 666. The minimum atomic E-state index is -0.417. The average Bonchev–Trinajstić information content (AvgIpc) is 2.45. The fourth-order valence-corrected chi connectivity index (χ4v) is 2.51. The molecule has 0 aliphatic rings. The second-order valence-corrected chi connectivity index (χ2v) is 5.90. The highest BCUT2D eigenvalue weighted by atomic mass is 79.9. The first-order valence-corrected chi connectivity index (χ1v) is 7.80. The summed E-state index contributed by atoms with van der Waals surface area (Å²) in [5.74, 6) is -0.115. The molecule has 0 saturated carbocycles. The molecule has 2 aromatic carbocycles. The maximum absolute atomic E-state index is 12.9. The molecule has 2 aromatic rings. The fourth-order valence-electron chi connectivity index (χ4n) is 1.84. The summed E-state index contributed by atoms with van der Waals surface area (Å²) in [6, 6.07) is 11.5. The summed E-state index contributed by atoms with van der Waals surface area (Å²) < 4.78 is 19.2. The lowest BCUT2D eigenvalue weighted by Crippen LogP contribution is -2.29. The Morgan fingerprint density at radius 2 is 2.09 bits per heavy atom. The van der Waals surface area contributed by atoms with Crippen LogP contribution in [0.5, 0.6) is 5.75 Å². The predicted molar refractivity (Wildman–Crippen MR) is 87.8 cm³/mol. The van der Waals surface area contributed by atoms with E-state index < -0.39 is 5.82 Å². The molecule has 0 aromatic heterocycles. The molecule has 116 valence electrons. The van der Waals surface area contributed by atoms with Crippen LogP contribution in [0, 0.1) is 5.82 Å². The molecule has 0 bridgehead atoms. The number of halogens is 3. The third-order valence-electron chi connectivity index (χ3n) is 2.83. The van der Waals surface area contributed by atoms with Gasteiger partial charge in [0.05, 0.1) is 18.0 Å². The van der Waals surface area contributed by atoms with Gasteiger partial charge in [0.15, 0.2) is 0 Å². The van der Waals surface area contributed by atoms with E-state index in [2.05, 4.69) is 21.2 Å². The van der Waals surface area contributed by atoms with E-state index in [4.69, 9.17) is 16.3 Å². The van der Waals surface area contributed by atoms with Crippen molar-refractivity contribution in [3.63, 3.8) is 0 Å². The van der Waals surface area contributed by atoms with E-state index in [1.54, 1.807) is 0 Å². The Hall–Kier alpha value is -1.59. The van der Waals surface area contributed by atoms with Crippen molar-refractivity contribution in [3.05, 3.63) is 63.3 Å². The first kappa shape index (κ1) is 16.8. The topological polar surface area (TPSA) is 38.3 Å². The quantitative estimate of drug-likeness (QED) is 0.763. The van der Waals surface area contributed by atoms with Gasteiger partial charge in [-0.15, -0.1) is 0 Å². The maximum Gasteiger partial charge on any atom is 0.224 e. The van der Waals surface area contributed by atoms with Gasteiger partial charge in [-0.2, -0.15) is 0 Å². The SMILES string of the molecule is O=C(Cc1cccc(Br)c1)NCCOc1ccc(F)cc1Cl. The van der Waals surface area contributed by atoms with Crippen LogP contribution in [0.25, 0.3) is 0 Å². The second-order valence-electron chi connectivity index (χ2n) is 4.58. The first-order chi connectivity index (χ1) is 10.5. The fraction of sp³-hybridized carbons (Fsp3) is 0.188. The first-order valence-electron chi connectivity index (χ1n) is 6.63. The Morgan fingerprint density at radius 3 is 2.82 bits per heavy atom. The number of hydrogen-bond donors (Lipinski definition) is 1. The zero-order chi connectivity index (χ0) is 15.9. The van der Waals surface area contributed by atoms with Gasteiger partial charge in [-0.3, -0.25) is 4.79 Å². The standard InChI is InChI=1S/C16H14BrClFNO2/c17-12-3-1-2-11(8-12)9-16(21)20-6-7-22-15-5-4-13(19)10-14(15)18/h1-5,8,10H,6-7,9H2,(H,20,21). The van der Waals surface area contributed by atoms with Crippen LogP contribution >= 0.6 is 27.5 Å². The second kappa shape index (κ2) is 8.15. The van der Waals surface area contributed by atoms with Gasteiger partial charge in [0, 0.05) is 4.47 Å². The molecule has 3 nitrogen and oxygen atoms in total. The van der Waals surface area contributed by atoms with Crippen LogP contribution in [-0.2, 0) is 11.2 Å². The van der Waals surface area contributed by atoms with Gasteiger partial charge in [0.2, 0.25) is 5.91 Å². The largest absolute Gasteiger partial charge is 0.490 e. The molecule has 0 aliphatic carbocycles. The normalized spacial score (nSPS) is 10.3. The van der Waals surface area contributed by atoms with E-state index in [0.717, 1.165) is 10.0 Å². The van der Waals surface area contributed by atoms with Crippen molar-refractivity contribution in [1.29, 1.82) is 0 Å². The number of amides is 1. The summed E-state index contributed by atoms with van der Waals surface area (Å²) in [4.78, 5) is 11.8. The summed E-state index contributed by atoms with van der Waals surface area (Å²) >= 11 is 9.20. The van der Waals surface area contributed by atoms with E-state index in [0.29, 0.717) is 18.7 Å². The summed E-state index contributed by atoms with van der Waals surface area (Å²) in [6.45, 7) is 0.607. The molecule has 0 fully saturated rings. The maximum atomic E-state index is 12.9. The number of carbonyl (C=O) groups excluding carboxylic acids is 1. The average molecular weight is 387 g/mol. The monoisotopic (exact) mass is 385 g/mol. The molecular formula is C16H14BrClFNO2. The number of hydrogen-bond acceptors (Lipinski definition) is 2. The number of ether oxygens (including phenoxy) is 1. The van der Waals surface area contributed by atoms with Crippen LogP contribution in [0.2, 0.25) is 5.02 Å². The molecule has 0 aliphatic heterocycles. The Balaban J connectivity index is 1.73. The van der Waals surface area contributed by atoms with Crippen LogP contribution in [0.3, 0.4) is 0 Å². The van der Waals surface area contributed by atoms with Crippen molar-refractivity contribution < 1.29 is 13.9 Å². The lowest BCUT2D eigenvalue weighted by atomic mass is 10.1. The third-order valence-corrected chi connectivity index (χ3v) is 3.62. The van der Waals surface area contributed by atoms with Gasteiger partial charge in [0.1, 0.15) is 18.2 Å². The minimum Gasteiger partial charge on any atom is -0.490 e. The zero-order valence-electron chi connectivity index (χ0n) is 11.6. The van der Waals surface area contributed by atoms with Crippen molar-refractivity contribution in [2.45, 2.75) is 6.42 Å². The third kappa shape index (κ3) is 5.31. The summed E-state index contributed by atoms with van der Waals surface area (Å²) in [5, 5.41) is 2.96. The van der Waals surface area contributed by atoms with Crippen LogP contribution in [0.15, 0.2) is 46.9 Å². The Labute approximate surface area is 141 Å². The highest BCUT2D eigenvalue weighted by Gasteiger charge is 2.05. The van der Waals surface area contributed by atoms with Gasteiger partial charge >= 0.3 is 0 Å². The molecule has 0 heterocycles. The Morgan fingerprint density at radius 1 is 1.27 bits per heavy atom. The molecule has 6 heteroatoms. The lowest BCUT2D eigenvalue weighted by Gasteiger charge is -2.09. The molecule has 0 spiro atoms. The van der Waals surface area contributed by atoms with E-state index in [1.807, 2.05) is 24.3 Å². The molecule has 0 radical (unpaired) electrons. The molecule has 0 atom stereocenters. The highest BCUT2D eigenvalue weighted by Crippen LogP contribution is 2.24. The van der Waals surface area contributed by atoms with Crippen LogP contribution in [0.4, 0.5) is 4.39 Å². The van der Waals surface area contributed by atoms with Gasteiger partial charge in [-0.1, -0.05) is 39.7 Å². The Kier molecular flexibility index (Phi) is 6.21. The van der Waals surface area contributed by atoms with Crippen molar-refractivity contribution >= 4 is 33.4 Å². The summed E-state index contributed by atoms with van der Waals surface area (Å²) in [6.07, 6.45) is 0.302. The van der Waals surface area contributed by atoms with E-state index in [1.165, 1.54) is 18.2 Å². The van der Waals surface area contributed by atoms with E-state index in [-0.39, 0.29) is 17.5 Å². The van der Waals surface area contributed by atoms with Crippen LogP contribution < -0.4 is 10.1 Å². The van der Waals surface area contributed by atoms with Gasteiger partial charge in [-0.05, 0) is 35.9 Å². The number of rotatable bonds is 6. The molecule has 22 heavy (non-hydrogen) atoms. The van der Waals surface area contributed by atoms with Crippen molar-refractivity contribution in [1.82, 2.24) is 5.32 Å². The zero-order valence-corrected chi connectivity index (χ0v) is 14.0. The molecule has 2 rings (SSSR count). The number of benzene rings is 2. The summed E-state index contributed by atoms with van der Waals surface area (Å²) in [7, 11) is 0. The molecular weight excluding hydrogens is 373 g/mol.